The Balaban J connectivity index is 2.70. The van der Waals surface area contributed by atoms with Gasteiger partial charge in [-0.25, -0.2) is 0 Å². The van der Waals surface area contributed by atoms with Gasteiger partial charge in [0.2, 0.25) is 0 Å². The number of carboxylic acids is 1. The molecule has 4 atom stereocenters. The van der Waals surface area contributed by atoms with Gasteiger partial charge in [-0.05, 0) is 19.3 Å². The van der Waals surface area contributed by atoms with Crippen LogP contribution >= 0.6 is 0 Å². The van der Waals surface area contributed by atoms with Gasteiger partial charge in [0.05, 0.1) is 11.8 Å². The Morgan fingerprint density at radius 1 is 1.57 bits per heavy atom. The monoisotopic (exact) mass is 200 g/mol. The summed E-state index contributed by atoms with van der Waals surface area (Å²) in [7, 11) is 0. The number of rotatable bonds is 2. The molecule has 0 aromatic carbocycles. The fraction of sp³-hybridized carbons (Fsp3) is 0.800. The average Bonchev–Trinajstić information content (AvgIpc) is 2.10. The van der Waals surface area contributed by atoms with Crippen LogP contribution in [0.15, 0.2) is 0 Å². The Bertz CT molecular complexity index is 249. The number of cyclic esters (lactones) is 1. The molecular formula is C10H16O4. The molecule has 0 aromatic heterocycles. The Hall–Kier alpha value is -1.06. The second-order valence-corrected chi connectivity index (χ2v) is 4.14. The van der Waals surface area contributed by atoms with Crippen LogP contribution in [0.3, 0.4) is 0 Å². The van der Waals surface area contributed by atoms with Crippen molar-refractivity contribution in [2.75, 3.05) is 0 Å². The molecule has 1 N–H and O–H groups in total. The molecule has 1 fully saturated rings. The first-order chi connectivity index (χ1) is 6.43. The van der Waals surface area contributed by atoms with Crippen LogP contribution in [0.1, 0.15) is 27.2 Å². The fourth-order valence-electron chi connectivity index (χ4n) is 1.89. The van der Waals surface area contributed by atoms with Gasteiger partial charge in [0.1, 0.15) is 6.10 Å². The molecule has 0 aliphatic carbocycles. The number of aliphatic carboxylic acids is 1. The highest BCUT2D eigenvalue weighted by atomic mass is 16.5. The van der Waals surface area contributed by atoms with Gasteiger partial charge in [-0.2, -0.15) is 0 Å². The van der Waals surface area contributed by atoms with Crippen molar-refractivity contribution in [3.05, 3.63) is 0 Å². The van der Waals surface area contributed by atoms with E-state index in [1.165, 1.54) is 0 Å². The third-order valence-corrected chi connectivity index (χ3v) is 2.82. The number of carboxylic acid groups (broad SMARTS) is 1. The van der Waals surface area contributed by atoms with Crippen molar-refractivity contribution in [1.29, 1.82) is 0 Å². The summed E-state index contributed by atoms with van der Waals surface area (Å²) in [6.45, 7) is 5.31. The van der Waals surface area contributed by atoms with Crippen molar-refractivity contribution in [3.63, 3.8) is 0 Å². The van der Waals surface area contributed by atoms with Gasteiger partial charge in [0.15, 0.2) is 0 Å². The molecule has 0 unspecified atom stereocenters. The summed E-state index contributed by atoms with van der Waals surface area (Å²) < 4.78 is 5.11. The van der Waals surface area contributed by atoms with E-state index in [0.29, 0.717) is 6.42 Å². The molecule has 80 valence electrons. The van der Waals surface area contributed by atoms with Crippen molar-refractivity contribution in [3.8, 4) is 0 Å². The van der Waals surface area contributed by atoms with Crippen LogP contribution in [0.4, 0.5) is 0 Å². The summed E-state index contributed by atoms with van der Waals surface area (Å²) in [5, 5.41) is 8.81. The van der Waals surface area contributed by atoms with Crippen LogP contribution < -0.4 is 0 Å². The highest BCUT2D eigenvalue weighted by Crippen LogP contribution is 2.29. The van der Waals surface area contributed by atoms with E-state index in [4.69, 9.17) is 9.84 Å². The number of esters is 1. The maximum atomic E-state index is 11.3. The molecule has 0 amide bonds. The number of ether oxygens (including phenoxy) is 1. The molecule has 0 aromatic rings. The van der Waals surface area contributed by atoms with E-state index < -0.39 is 18.0 Å². The Morgan fingerprint density at radius 3 is 2.64 bits per heavy atom. The zero-order chi connectivity index (χ0) is 10.9. The lowest BCUT2D eigenvalue weighted by atomic mass is 9.84. The quantitative estimate of drug-likeness (QED) is 0.682. The van der Waals surface area contributed by atoms with Crippen LogP contribution in [0.5, 0.6) is 0 Å². The number of carbonyl (C=O) groups is 2. The molecule has 1 aliphatic heterocycles. The van der Waals surface area contributed by atoms with Gasteiger partial charge < -0.3 is 9.84 Å². The summed E-state index contributed by atoms with van der Waals surface area (Å²) in [5.41, 5.74) is 0. The summed E-state index contributed by atoms with van der Waals surface area (Å²) >= 11 is 0. The Morgan fingerprint density at radius 2 is 2.14 bits per heavy atom. The van der Waals surface area contributed by atoms with Gasteiger partial charge >= 0.3 is 11.9 Å². The third-order valence-electron chi connectivity index (χ3n) is 2.82. The highest BCUT2D eigenvalue weighted by Gasteiger charge is 2.38. The van der Waals surface area contributed by atoms with Crippen molar-refractivity contribution in [2.45, 2.75) is 33.3 Å². The summed E-state index contributed by atoms with van der Waals surface area (Å²) in [5.74, 6) is -1.80. The van der Waals surface area contributed by atoms with E-state index in [2.05, 4.69) is 0 Å². The number of carbonyl (C=O) groups excluding carboxylic acids is 1. The van der Waals surface area contributed by atoms with Crippen molar-refractivity contribution < 1.29 is 19.4 Å². The molecule has 1 heterocycles. The lowest BCUT2D eigenvalue weighted by Gasteiger charge is -2.34. The van der Waals surface area contributed by atoms with Crippen LogP contribution in [0.2, 0.25) is 0 Å². The number of hydrogen-bond donors (Lipinski definition) is 1. The molecule has 14 heavy (non-hydrogen) atoms. The van der Waals surface area contributed by atoms with Crippen molar-refractivity contribution >= 4 is 11.9 Å². The van der Waals surface area contributed by atoms with Gasteiger partial charge in [0.25, 0.3) is 0 Å². The SMILES string of the molecule is C[C@@H]1C[C@H](C)[C@H]([C@@H](C)C(=O)O)OC1=O. The van der Waals surface area contributed by atoms with Gasteiger partial charge in [-0.15, -0.1) is 0 Å². The smallest absolute Gasteiger partial charge is 0.309 e. The molecule has 0 bridgehead atoms. The molecule has 4 heteroatoms. The predicted molar refractivity (Wildman–Crippen MR) is 49.6 cm³/mol. The number of hydrogen-bond acceptors (Lipinski definition) is 3. The first-order valence-corrected chi connectivity index (χ1v) is 4.86. The van der Waals surface area contributed by atoms with E-state index in [1.807, 2.05) is 6.92 Å². The first-order valence-electron chi connectivity index (χ1n) is 4.86. The molecule has 1 aliphatic rings. The normalized spacial score (nSPS) is 34.8. The minimum Gasteiger partial charge on any atom is -0.481 e. The molecule has 1 rings (SSSR count). The van der Waals surface area contributed by atoms with Crippen LogP contribution in [-0.4, -0.2) is 23.1 Å². The zero-order valence-corrected chi connectivity index (χ0v) is 8.69. The third kappa shape index (κ3) is 2.05. The Labute approximate surface area is 83.2 Å². The lowest BCUT2D eigenvalue weighted by molar-refractivity contribution is -0.172. The van der Waals surface area contributed by atoms with Crippen molar-refractivity contribution in [1.82, 2.24) is 0 Å². The highest BCUT2D eigenvalue weighted by molar-refractivity contribution is 5.75. The van der Waals surface area contributed by atoms with Crippen molar-refractivity contribution in [2.24, 2.45) is 17.8 Å². The molecule has 0 spiro atoms. The average molecular weight is 200 g/mol. The van der Waals surface area contributed by atoms with E-state index in [9.17, 15) is 9.59 Å². The molecule has 0 radical (unpaired) electrons. The first kappa shape index (κ1) is 11.0. The maximum Gasteiger partial charge on any atom is 0.309 e. The second kappa shape index (κ2) is 3.98. The van der Waals surface area contributed by atoms with Gasteiger partial charge in [0, 0.05) is 0 Å². The predicted octanol–water partition coefficient (Wildman–Crippen LogP) is 1.29. The van der Waals surface area contributed by atoms with Gasteiger partial charge in [-0.3, -0.25) is 9.59 Å². The van der Waals surface area contributed by atoms with E-state index in [0.717, 1.165) is 0 Å². The molecule has 1 saturated heterocycles. The van der Waals surface area contributed by atoms with Crippen LogP contribution in [-0.2, 0) is 14.3 Å². The van der Waals surface area contributed by atoms with E-state index >= 15 is 0 Å². The van der Waals surface area contributed by atoms with E-state index in [-0.39, 0.29) is 17.8 Å². The zero-order valence-electron chi connectivity index (χ0n) is 8.69. The van der Waals surface area contributed by atoms with Crippen LogP contribution in [0.25, 0.3) is 0 Å². The standard InChI is InChI=1S/C10H16O4/c1-5-4-6(2)10(13)14-8(5)7(3)9(11)12/h5-8H,4H2,1-3H3,(H,11,12)/t5-,6+,7+,8+/m0/s1. The fourth-order valence-corrected chi connectivity index (χ4v) is 1.89. The lowest BCUT2D eigenvalue weighted by Crippen LogP contribution is -2.42. The molecule has 0 saturated carbocycles. The molecular weight excluding hydrogens is 184 g/mol. The van der Waals surface area contributed by atoms with Gasteiger partial charge in [-0.1, -0.05) is 13.8 Å². The largest absolute Gasteiger partial charge is 0.481 e. The maximum absolute atomic E-state index is 11.3. The molecule has 4 nitrogen and oxygen atoms in total. The summed E-state index contributed by atoms with van der Waals surface area (Å²) in [4.78, 5) is 22.0. The summed E-state index contributed by atoms with van der Waals surface area (Å²) in [6.07, 6.45) is 0.234. The Kier molecular flexibility index (Phi) is 3.13. The minimum atomic E-state index is -0.913. The van der Waals surface area contributed by atoms with E-state index in [1.54, 1.807) is 13.8 Å². The minimum absolute atomic E-state index is 0.109. The van der Waals surface area contributed by atoms with Crippen LogP contribution in [0, 0.1) is 17.8 Å². The second-order valence-electron chi connectivity index (χ2n) is 4.14. The summed E-state index contributed by atoms with van der Waals surface area (Å²) in [6, 6.07) is 0. The topological polar surface area (TPSA) is 63.6 Å².